The minimum Gasteiger partial charge on any atom is -0.444 e. The molecule has 1 unspecified atom stereocenters. The molecule has 6 atom stereocenters. The summed E-state index contributed by atoms with van der Waals surface area (Å²) in [5.41, 5.74) is 2.31. The topological polar surface area (TPSA) is 192 Å². The molecular formula is C32H46F3N5O8. The first-order valence-corrected chi connectivity index (χ1v) is 15.9. The average molecular weight is 686 g/mol. The molecule has 4 amide bonds. The number of rotatable bonds is 12. The van der Waals surface area contributed by atoms with Crippen LogP contribution in [0, 0.1) is 0 Å². The molecule has 48 heavy (non-hydrogen) atoms. The molecule has 1 aromatic carbocycles. The molecule has 16 heteroatoms. The van der Waals surface area contributed by atoms with Crippen LogP contribution in [-0.2, 0) is 36.5 Å². The Morgan fingerprint density at radius 3 is 2.10 bits per heavy atom. The lowest BCUT2D eigenvalue weighted by molar-refractivity contribution is -0.149. The summed E-state index contributed by atoms with van der Waals surface area (Å²) in [7, 11) is 0. The van der Waals surface area contributed by atoms with Crippen LogP contribution >= 0.6 is 0 Å². The van der Waals surface area contributed by atoms with Crippen molar-refractivity contribution in [2.24, 2.45) is 5.73 Å². The predicted molar refractivity (Wildman–Crippen MR) is 166 cm³/mol. The standard InChI is InChI=1S/C32H46F3N5O8/c1-18(41)24(38-29(47)48-30(3,4)5)23(43)17-39-14-6-8-22(39)27(45)40-15-7-13-31(40,28(46)37-25(19(2)42)26(36)44)16-20-9-11-21(12-10-20)32(33,34)35/h9-12,18-19,22,24-25,41-42H,6-8,13-17H2,1-5H3,(H2,36,44)(H,37,46)(H,38,47)/t18-,19-,22+,24+,25?,31-/m1/s1. The number of alkyl halides is 3. The lowest BCUT2D eigenvalue weighted by Gasteiger charge is -2.41. The number of aliphatic hydroxyl groups is 2. The summed E-state index contributed by atoms with van der Waals surface area (Å²) in [4.78, 5) is 69.0. The van der Waals surface area contributed by atoms with Crippen LogP contribution in [0.3, 0.4) is 0 Å². The molecule has 0 aliphatic carbocycles. The quantitative estimate of drug-likeness (QED) is 0.216. The van der Waals surface area contributed by atoms with Gasteiger partial charge in [0.1, 0.15) is 23.2 Å². The van der Waals surface area contributed by atoms with Crippen molar-refractivity contribution in [1.82, 2.24) is 20.4 Å². The van der Waals surface area contributed by atoms with Gasteiger partial charge in [-0.2, -0.15) is 13.2 Å². The molecule has 0 saturated carbocycles. The minimum atomic E-state index is -4.59. The Hall–Kier alpha value is -3.76. The molecule has 2 heterocycles. The largest absolute Gasteiger partial charge is 0.444 e. The average Bonchev–Trinajstić information content (AvgIpc) is 3.60. The number of hydrogen-bond donors (Lipinski definition) is 5. The summed E-state index contributed by atoms with van der Waals surface area (Å²) in [6.07, 6.45) is -7.11. The highest BCUT2D eigenvalue weighted by Gasteiger charge is 2.53. The summed E-state index contributed by atoms with van der Waals surface area (Å²) in [6.45, 7) is 7.59. The van der Waals surface area contributed by atoms with E-state index >= 15 is 0 Å². The summed E-state index contributed by atoms with van der Waals surface area (Å²) in [5, 5.41) is 25.2. The van der Waals surface area contributed by atoms with Crippen LogP contribution in [0.5, 0.6) is 0 Å². The molecule has 6 N–H and O–H groups in total. The highest BCUT2D eigenvalue weighted by molar-refractivity contribution is 5.97. The third-order valence-electron chi connectivity index (χ3n) is 8.54. The Kier molecular flexibility index (Phi) is 12.3. The molecule has 0 bridgehead atoms. The normalized spacial score (nSPS) is 22.8. The first kappa shape index (κ1) is 38.7. The molecule has 0 spiro atoms. The van der Waals surface area contributed by atoms with E-state index in [0.29, 0.717) is 31.4 Å². The van der Waals surface area contributed by atoms with Crippen LogP contribution in [0.25, 0.3) is 0 Å². The fraction of sp³-hybridized carbons (Fsp3) is 0.656. The summed E-state index contributed by atoms with van der Waals surface area (Å²) in [6, 6.07) is 0.456. The molecular weight excluding hydrogens is 639 g/mol. The van der Waals surface area contributed by atoms with Gasteiger partial charge in [-0.05, 0) is 84.5 Å². The summed E-state index contributed by atoms with van der Waals surface area (Å²) >= 11 is 0. The number of ketones is 1. The number of nitrogens with two attached hydrogens (primary N) is 1. The van der Waals surface area contributed by atoms with Crippen LogP contribution in [-0.4, -0.2) is 111 Å². The van der Waals surface area contributed by atoms with Gasteiger partial charge in [-0.1, -0.05) is 12.1 Å². The zero-order valence-corrected chi connectivity index (χ0v) is 27.8. The van der Waals surface area contributed by atoms with Gasteiger partial charge < -0.3 is 36.2 Å². The Morgan fingerprint density at radius 1 is 0.979 bits per heavy atom. The van der Waals surface area contributed by atoms with Crippen molar-refractivity contribution in [1.29, 1.82) is 0 Å². The van der Waals surface area contributed by atoms with Crippen LogP contribution in [0.2, 0.25) is 0 Å². The van der Waals surface area contributed by atoms with Crippen LogP contribution < -0.4 is 16.4 Å². The number of benzene rings is 1. The zero-order chi connectivity index (χ0) is 36.2. The monoisotopic (exact) mass is 685 g/mol. The number of carbonyl (C=O) groups excluding carboxylic acids is 5. The summed E-state index contributed by atoms with van der Waals surface area (Å²) < 4.78 is 45.0. The van der Waals surface area contributed by atoms with Gasteiger partial charge >= 0.3 is 12.3 Å². The number of likely N-dealkylation sites (tertiary alicyclic amines) is 2. The maximum Gasteiger partial charge on any atom is 0.416 e. The lowest BCUT2D eigenvalue weighted by atomic mass is 9.85. The number of aliphatic hydroxyl groups excluding tert-OH is 2. The molecule has 268 valence electrons. The fourth-order valence-electron chi connectivity index (χ4n) is 6.23. The van der Waals surface area contributed by atoms with E-state index in [9.17, 15) is 47.4 Å². The molecule has 2 aliphatic heterocycles. The molecule has 2 fully saturated rings. The van der Waals surface area contributed by atoms with E-state index in [0.717, 1.165) is 12.1 Å². The lowest BCUT2D eigenvalue weighted by Crippen LogP contribution is -2.65. The van der Waals surface area contributed by atoms with Gasteiger partial charge in [-0.25, -0.2) is 4.79 Å². The molecule has 1 aromatic rings. The minimum absolute atomic E-state index is 0.0897. The second-order valence-corrected chi connectivity index (χ2v) is 13.5. The number of primary amides is 1. The van der Waals surface area contributed by atoms with Crippen LogP contribution in [0.4, 0.5) is 18.0 Å². The predicted octanol–water partition coefficient (Wildman–Crippen LogP) is 1.27. The fourth-order valence-corrected chi connectivity index (χ4v) is 6.23. The van der Waals surface area contributed by atoms with E-state index in [4.69, 9.17) is 10.5 Å². The summed E-state index contributed by atoms with van der Waals surface area (Å²) in [5.74, 6) is -2.92. The molecule has 2 aliphatic rings. The Bertz CT molecular complexity index is 1350. The third-order valence-corrected chi connectivity index (χ3v) is 8.54. The van der Waals surface area contributed by atoms with E-state index in [1.165, 1.54) is 30.9 Å². The second-order valence-electron chi connectivity index (χ2n) is 13.5. The second kappa shape index (κ2) is 15.2. The third kappa shape index (κ3) is 9.44. The van der Waals surface area contributed by atoms with Gasteiger partial charge in [0.2, 0.25) is 17.7 Å². The molecule has 13 nitrogen and oxygen atoms in total. The molecule has 0 radical (unpaired) electrons. The number of carbonyl (C=O) groups is 5. The van der Waals surface area contributed by atoms with E-state index < -0.39 is 82.8 Å². The Morgan fingerprint density at radius 2 is 1.58 bits per heavy atom. The van der Waals surface area contributed by atoms with E-state index in [-0.39, 0.29) is 25.9 Å². The smallest absolute Gasteiger partial charge is 0.416 e. The van der Waals surface area contributed by atoms with E-state index in [1.54, 1.807) is 25.7 Å². The van der Waals surface area contributed by atoms with Gasteiger partial charge in [0.05, 0.1) is 30.4 Å². The molecule has 0 aromatic heterocycles. The van der Waals surface area contributed by atoms with Crippen molar-refractivity contribution < 1.29 is 52.1 Å². The van der Waals surface area contributed by atoms with Crippen LogP contribution in [0.1, 0.15) is 71.4 Å². The van der Waals surface area contributed by atoms with Gasteiger partial charge in [0.25, 0.3) is 0 Å². The highest BCUT2D eigenvalue weighted by Crippen LogP contribution is 2.37. The number of alkyl carbamates (subject to hydrolysis) is 1. The number of Topliss-reactive ketones (excluding diaryl/α,β-unsaturated/α-hetero) is 1. The van der Waals surface area contributed by atoms with Crippen molar-refractivity contribution in [2.45, 2.75) is 114 Å². The van der Waals surface area contributed by atoms with Crippen molar-refractivity contribution in [3.05, 3.63) is 35.4 Å². The maximum absolute atomic E-state index is 14.3. The Balaban J connectivity index is 1.91. The first-order chi connectivity index (χ1) is 22.2. The number of nitrogens with one attached hydrogen (secondary N) is 2. The van der Waals surface area contributed by atoms with Gasteiger partial charge in [-0.3, -0.25) is 24.1 Å². The molecule has 2 saturated heterocycles. The van der Waals surface area contributed by atoms with Gasteiger partial charge in [0.15, 0.2) is 5.78 Å². The van der Waals surface area contributed by atoms with E-state index in [1.807, 2.05) is 0 Å². The number of halogens is 3. The number of hydrogen-bond acceptors (Lipinski definition) is 9. The number of ether oxygens (including phenoxy) is 1. The van der Waals surface area contributed by atoms with Crippen LogP contribution in [0.15, 0.2) is 24.3 Å². The first-order valence-electron chi connectivity index (χ1n) is 15.9. The van der Waals surface area contributed by atoms with Crippen molar-refractivity contribution in [3.8, 4) is 0 Å². The number of nitrogens with zero attached hydrogens (tertiary/aromatic N) is 2. The maximum atomic E-state index is 14.3. The zero-order valence-electron chi connectivity index (χ0n) is 27.8. The number of amides is 4. The van der Waals surface area contributed by atoms with Crippen molar-refractivity contribution in [2.75, 3.05) is 19.6 Å². The van der Waals surface area contributed by atoms with E-state index in [2.05, 4.69) is 10.6 Å². The Labute approximate surface area is 277 Å². The van der Waals surface area contributed by atoms with Crippen molar-refractivity contribution in [3.63, 3.8) is 0 Å². The van der Waals surface area contributed by atoms with Crippen molar-refractivity contribution >= 4 is 29.6 Å². The van der Waals surface area contributed by atoms with Gasteiger partial charge in [0, 0.05) is 13.0 Å². The highest BCUT2D eigenvalue weighted by atomic mass is 19.4. The molecule has 3 rings (SSSR count). The SMILES string of the molecule is C[C@@H](O)C(NC(=O)[C@]1(Cc2ccc(C(F)(F)F)cc2)CCCN1C(=O)[C@@H]1CCCN1CC(=O)[C@@H](NC(=O)OC(C)(C)C)[C@@H](C)O)C(N)=O. The van der Waals surface area contributed by atoms with Gasteiger partial charge in [-0.15, -0.1) is 0 Å².